The smallest absolute Gasteiger partial charge is 0.143 e. The molecule has 1 heterocycles. The highest BCUT2D eigenvalue weighted by Crippen LogP contribution is 2.59. The maximum Gasteiger partial charge on any atom is 0.143 e. The van der Waals surface area contributed by atoms with Crippen molar-refractivity contribution in [2.45, 2.75) is 24.7 Å². The van der Waals surface area contributed by atoms with E-state index in [0.717, 1.165) is 44.6 Å². The molecule has 2 heteroatoms. The van der Waals surface area contributed by atoms with Gasteiger partial charge in [-0.25, -0.2) is 0 Å². The third kappa shape index (κ3) is 4.17. The highest BCUT2D eigenvalue weighted by molar-refractivity contribution is 6.12. The fraction of sp³-hybridized carbons (Fsp3) is 0.0769. The van der Waals surface area contributed by atoms with Gasteiger partial charge in [0, 0.05) is 38.8 Å². The van der Waals surface area contributed by atoms with Crippen LogP contribution in [0.3, 0.4) is 0 Å². The molecule has 0 bridgehead atoms. The molecule has 0 atom stereocenters. The molecule has 2 aliphatic rings. The highest BCUT2D eigenvalue weighted by atomic mass is 16.3. The van der Waals surface area contributed by atoms with Crippen molar-refractivity contribution < 1.29 is 4.42 Å². The molecular formula is C52H37NO. The van der Waals surface area contributed by atoms with Gasteiger partial charge in [0.2, 0.25) is 0 Å². The first-order valence-corrected chi connectivity index (χ1v) is 18.9. The van der Waals surface area contributed by atoms with Crippen LogP contribution in [-0.4, -0.2) is 0 Å². The van der Waals surface area contributed by atoms with E-state index in [1.165, 1.54) is 50.1 Å². The molecule has 9 aromatic rings. The third-order valence-electron chi connectivity index (χ3n) is 12.1. The Balaban J connectivity index is 1.21. The first-order valence-electron chi connectivity index (χ1n) is 18.9. The summed E-state index contributed by atoms with van der Waals surface area (Å²) in [7, 11) is 0. The Kier molecular flexibility index (Phi) is 6.55. The Bertz CT molecular complexity index is 2860. The summed E-state index contributed by atoms with van der Waals surface area (Å²) in [4.78, 5) is 2.42. The molecule has 0 aliphatic heterocycles. The monoisotopic (exact) mass is 691 g/mol. The summed E-state index contributed by atoms with van der Waals surface area (Å²) >= 11 is 0. The molecule has 0 spiro atoms. The van der Waals surface area contributed by atoms with E-state index in [4.69, 9.17) is 4.42 Å². The van der Waals surface area contributed by atoms with E-state index in [1.807, 2.05) is 0 Å². The van der Waals surface area contributed by atoms with Crippen LogP contribution in [0.25, 0.3) is 44.2 Å². The lowest BCUT2D eigenvalue weighted by Crippen LogP contribution is -2.28. The summed E-state index contributed by atoms with van der Waals surface area (Å²) in [5, 5.41) is 2.27. The number of fused-ring (bicyclic) bond motifs is 10. The number of rotatable bonds is 5. The van der Waals surface area contributed by atoms with Gasteiger partial charge in [0.1, 0.15) is 11.2 Å². The van der Waals surface area contributed by atoms with E-state index in [1.54, 1.807) is 0 Å². The Morgan fingerprint density at radius 1 is 0.407 bits per heavy atom. The summed E-state index contributed by atoms with van der Waals surface area (Å²) in [5.74, 6) is 0. The quantitative estimate of drug-likeness (QED) is 0.179. The lowest BCUT2D eigenvalue weighted by Gasteiger charge is -2.34. The zero-order chi connectivity index (χ0) is 36.0. The average molecular weight is 692 g/mol. The van der Waals surface area contributed by atoms with Gasteiger partial charge in [-0.3, -0.25) is 0 Å². The van der Waals surface area contributed by atoms with Crippen molar-refractivity contribution in [3.05, 3.63) is 221 Å². The van der Waals surface area contributed by atoms with Crippen molar-refractivity contribution in [1.82, 2.24) is 0 Å². The lowest BCUT2D eigenvalue weighted by atomic mass is 9.67. The molecule has 54 heavy (non-hydrogen) atoms. The first kappa shape index (κ1) is 30.9. The maximum atomic E-state index is 6.88. The van der Waals surface area contributed by atoms with Crippen molar-refractivity contribution in [2.75, 3.05) is 4.90 Å². The number of anilines is 3. The number of hydrogen-bond acceptors (Lipinski definition) is 2. The van der Waals surface area contributed by atoms with Crippen LogP contribution in [-0.2, 0) is 10.8 Å². The predicted molar refractivity (Wildman–Crippen MR) is 223 cm³/mol. The number of benzene rings is 8. The van der Waals surface area contributed by atoms with E-state index in [2.05, 4.69) is 207 Å². The van der Waals surface area contributed by atoms with Crippen LogP contribution in [0.5, 0.6) is 0 Å². The normalized spacial score (nSPS) is 14.4. The van der Waals surface area contributed by atoms with Gasteiger partial charge in [0.25, 0.3) is 0 Å². The number of furan rings is 1. The molecule has 0 amide bonds. The molecule has 8 aromatic carbocycles. The third-order valence-corrected chi connectivity index (χ3v) is 12.1. The van der Waals surface area contributed by atoms with Crippen molar-refractivity contribution in [3.8, 4) is 22.3 Å². The van der Waals surface area contributed by atoms with Crippen LogP contribution < -0.4 is 4.90 Å². The predicted octanol–water partition coefficient (Wildman–Crippen LogP) is 13.7. The van der Waals surface area contributed by atoms with Crippen molar-refractivity contribution in [1.29, 1.82) is 0 Å². The Hall–Kier alpha value is -6.64. The SMILES string of the molecule is CC1(C)c2ccccc2-c2ccc(N(c3ccccc3)c3ccc4c(c3)-c3c(ccc5c3oc3ccccc35)C4(c3ccccc3)c3ccccc3)cc21. The summed E-state index contributed by atoms with van der Waals surface area (Å²) in [6.07, 6.45) is 0. The molecule has 256 valence electrons. The van der Waals surface area contributed by atoms with Gasteiger partial charge in [-0.05, 0) is 92.5 Å². The van der Waals surface area contributed by atoms with Gasteiger partial charge in [-0.15, -0.1) is 0 Å². The summed E-state index contributed by atoms with van der Waals surface area (Å²) < 4.78 is 6.88. The second-order valence-corrected chi connectivity index (χ2v) is 15.2. The second-order valence-electron chi connectivity index (χ2n) is 15.2. The number of nitrogens with zero attached hydrogens (tertiary/aromatic N) is 1. The minimum Gasteiger partial charge on any atom is -0.455 e. The Labute approximate surface area is 315 Å². The topological polar surface area (TPSA) is 16.4 Å². The van der Waals surface area contributed by atoms with Gasteiger partial charge in [-0.1, -0.05) is 159 Å². The van der Waals surface area contributed by atoms with E-state index < -0.39 is 5.41 Å². The highest BCUT2D eigenvalue weighted by Gasteiger charge is 2.47. The van der Waals surface area contributed by atoms with Gasteiger partial charge in [0.05, 0.1) is 5.41 Å². The first-order chi connectivity index (χ1) is 26.5. The van der Waals surface area contributed by atoms with Crippen LogP contribution >= 0.6 is 0 Å². The summed E-state index contributed by atoms with van der Waals surface area (Å²) in [5.41, 5.74) is 17.2. The zero-order valence-electron chi connectivity index (χ0n) is 30.3. The molecule has 2 aliphatic carbocycles. The largest absolute Gasteiger partial charge is 0.455 e. The van der Waals surface area contributed by atoms with E-state index >= 15 is 0 Å². The molecule has 0 saturated heterocycles. The molecule has 11 rings (SSSR count). The van der Waals surface area contributed by atoms with Gasteiger partial charge in [-0.2, -0.15) is 0 Å². The molecular weight excluding hydrogens is 655 g/mol. The molecule has 1 aromatic heterocycles. The van der Waals surface area contributed by atoms with Gasteiger partial charge in [0.15, 0.2) is 0 Å². The average Bonchev–Trinajstić information content (AvgIpc) is 3.83. The molecule has 2 nitrogen and oxygen atoms in total. The standard InChI is InChI=1S/C52H37NO/c1-51(2)44-24-14-12-22-39(44)40-28-26-38(33-47(40)51)53(36-20-10-5-11-21-36)37-27-30-45-43(32-37)49-46(31-29-42-41-23-13-15-25-48(41)54-50(42)49)52(45,34-16-6-3-7-17-34)35-18-8-4-9-19-35/h3-33H,1-2H3. The fourth-order valence-corrected chi connectivity index (χ4v) is 9.74. The van der Waals surface area contributed by atoms with Crippen LogP contribution in [0.15, 0.2) is 192 Å². The Morgan fingerprint density at radius 3 is 1.76 bits per heavy atom. The van der Waals surface area contributed by atoms with Crippen LogP contribution in [0, 0.1) is 0 Å². The molecule has 0 saturated carbocycles. The van der Waals surface area contributed by atoms with Crippen LogP contribution in [0.4, 0.5) is 17.1 Å². The minimum atomic E-state index is -0.542. The molecule has 0 fully saturated rings. The van der Waals surface area contributed by atoms with Crippen molar-refractivity contribution in [3.63, 3.8) is 0 Å². The van der Waals surface area contributed by atoms with Gasteiger partial charge >= 0.3 is 0 Å². The summed E-state index contributed by atoms with van der Waals surface area (Å²) in [6, 6.07) is 68.8. The van der Waals surface area contributed by atoms with E-state index in [-0.39, 0.29) is 5.41 Å². The summed E-state index contributed by atoms with van der Waals surface area (Å²) in [6.45, 7) is 4.71. The minimum absolute atomic E-state index is 0.112. The number of hydrogen-bond donors (Lipinski definition) is 0. The molecule has 0 radical (unpaired) electrons. The van der Waals surface area contributed by atoms with Crippen molar-refractivity contribution in [2.24, 2.45) is 0 Å². The van der Waals surface area contributed by atoms with Gasteiger partial charge < -0.3 is 9.32 Å². The zero-order valence-corrected chi connectivity index (χ0v) is 30.3. The van der Waals surface area contributed by atoms with Crippen LogP contribution in [0.1, 0.15) is 47.2 Å². The number of para-hydroxylation sites is 2. The molecule has 0 N–H and O–H groups in total. The van der Waals surface area contributed by atoms with E-state index in [0.29, 0.717) is 0 Å². The molecule has 0 unspecified atom stereocenters. The lowest BCUT2D eigenvalue weighted by molar-refractivity contribution is 0.660. The Morgan fingerprint density at radius 2 is 1.00 bits per heavy atom. The van der Waals surface area contributed by atoms with Crippen molar-refractivity contribution >= 4 is 39.0 Å². The van der Waals surface area contributed by atoms with E-state index in [9.17, 15) is 0 Å². The van der Waals surface area contributed by atoms with Crippen LogP contribution in [0.2, 0.25) is 0 Å². The second kappa shape index (κ2) is 11.4. The maximum absolute atomic E-state index is 6.88. The fourth-order valence-electron chi connectivity index (χ4n) is 9.74.